The quantitative estimate of drug-likeness (QED) is 0.872. The van der Waals surface area contributed by atoms with Gasteiger partial charge in [0, 0.05) is 10.6 Å². The molecular formula is C16H17ClO2. The first-order chi connectivity index (χ1) is 8.99. The maximum Gasteiger partial charge on any atom is 0.133 e. The lowest BCUT2D eigenvalue weighted by atomic mass is 10.1. The number of halogens is 1. The second kappa shape index (κ2) is 5.64. The number of hydrogen-bond acceptors (Lipinski definition) is 2. The van der Waals surface area contributed by atoms with E-state index >= 15 is 0 Å². The van der Waals surface area contributed by atoms with Gasteiger partial charge in [0.2, 0.25) is 0 Å². The summed E-state index contributed by atoms with van der Waals surface area (Å²) in [5, 5.41) is 10.5. The molecule has 3 heteroatoms. The summed E-state index contributed by atoms with van der Waals surface area (Å²) in [4.78, 5) is 0. The number of para-hydroxylation sites is 1. The van der Waals surface area contributed by atoms with E-state index in [-0.39, 0.29) is 0 Å². The molecule has 0 fully saturated rings. The van der Waals surface area contributed by atoms with Crippen LogP contribution in [0, 0.1) is 13.8 Å². The third-order valence-electron chi connectivity index (χ3n) is 3.01. The fourth-order valence-corrected chi connectivity index (χ4v) is 2.41. The summed E-state index contributed by atoms with van der Waals surface area (Å²) in [6.07, 6.45) is -0.566. The fraction of sp³-hybridized carbons (Fsp3) is 0.250. The molecule has 1 atom stereocenters. The highest BCUT2D eigenvalue weighted by molar-refractivity contribution is 6.30. The van der Waals surface area contributed by atoms with E-state index in [1.807, 2.05) is 50.2 Å². The van der Waals surface area contributed by atoms with Gasteiger partial charge in [-0.1, -0.05) is 29.8 Å². The van der Waals surface area contributed by atoms with Crippen LogP contribution in [-0.2, 0) is 0 Å². The minimum atomic E-state index is -0.566. The lowest BCUT2D eigenvalue weighted by molar-refractivity contribution is 0.195. The summed E-state index contributed by atoms with van der Waals surface area (Å²) in [5.74, 6) is 1.46. The maximum absolute atomic E-state index is 9.76. The lowest BCUT2D eigenvalue weighted by Gasteiger charge is -2.16. The van der Waals surface area contributed by atoms with Crippen LogP contribution < -0.4 is 4.74 Å². The van der Waals surface area contributed by atoms with E-state index < -0.39 is 6.10 Å². The van der Waals surface area contributed by atoms with Gasteiger partial charge >= 0.3 is 0 Å². The van der Waals surface area contributed by atoms with Gasteiger partial charge in [-0.2, -0.15) is 0 Å². The van der Waals surface area contributed by atoms with E-state index in [9.17, 15) is 5.11 Å². The Morgan fingerprint density at radius 1 is 1.11 bits per heavy atom. The Morgan fingerprint density at radius 2 is 1.68 bits per heavy atom. The summed E-state index contributed by atoms with van der Waals surface area (Å²) in [7, 11) is 0. The van der Waals surface area contributed by atoms with Gasteiger partial charge in [-0.25, -0.2) is 0 Å². The highest BCUT2D eigenvalue weighted by atomic mass is 35.5. The molecule has 0 unspecified atom stereocenters. The molecule has 0 aromatic heterocycles. The minimum Gasteiger partial charge on any atom is -0.456 e. The van der Waals surface area contributed by atoms with Crippen LogP contribution in [0.15, 0.2) is 36.4 Å². The van der Waals surface area contributed by atoms with E-state index in [0.29, 0.717) is 10.8 Å². The zero-order valence-corrected chi connectivity index (χ0v) is 12.0. The summed E-state index contributed by atoms with van der Waals surface area (Å²) in [6, 6.07) is 11.2. The predicted molar refractivity (Wildman–Crippen MR) is 78.1 cm³/mol. The smallest absolute Gasteiger partial charge is 0.133 e. The molecule has 100 valence electrons. The Labute approximate surface area is 118 Å². The number of aryl methyl sites for hydroxylation is 2. The SMILES string of the molecule is Cc1cc(Cl)cc(C)c1Oc1ccccc1[C@@H](C)O. The zero-order valence-electron chi connectivity index (χ0n) is 11.3. The first kappa shape index (κ1) is 13.9. The van der Waals surface area contributed by atoms with Gasteiger partial charge in [0.15, 0.2) is 0 Å². The van der Waals surface area contributed by atoms with Crippen molar-refractivity contribution in [2.75, 3.05) is 0 Å². The van der Waals surface area contributed by atoms with Crippen LogP contribution in [0.3, 0.4) is 0 Å². The Kier molecular flexibility index (Phi) is 4.13. The highest BCUT2D eigenvalue weighted by Gasteiger charge is 2.12. The number of aliphatic hydroxyl groups is 1. The highest BCUT2D eigenvalue weighted by Crippen LogP contribution is 2.34. The van der Waals surface area contributed by atoms with Crippen LogP contribution in [0.5, 0.6) is 11.5 Å². The van der Waals surface area contributed by atoms with Crippen molar-refractivity contribution in [3.8, 4) is 11.5 Å². The summed E-state index contributed by atoms with van der Waals surface area (Å²) in [6.45, 7) is 5.64. The first-order valence-electron chi connectivity index (χ1n) is 6.20. The number of aliphatic hydroxyl groups excluding tert-OH is 1. The normalized spacial score (nSPS) is 12.3. The average Bonchev–Trinajstić information content (AvgIpc) is 2.34. The van der Waals surface area contributed by atoms with E-state index in [1.165, 1.54) is 0 Å². The van der Waals surface area contributed by atoms with Crippen LogP contribution in [0.25, 0.3) is 0 Å². The second-order valence-corrected chi connectivity index (χ2v) is 5.12. The van der Waals surface area contributed by atoms with Crippen molar-refractivity contribution in [1.82, 2.24) is 0 Å². The largest absolute Gasteiger partial charge is 0.456 e. The number of ether oxygens (including phenoxy) is 1. The van der Waals surface area contributed by atoms with Crippen molar-refractivity contribution in [2.45, 2.75) is 26.9 Å². The van der Waals surface area contributed by atoms with Gasteiger partial charge in [-0.15, -0.1) is 0 Å². The summed E-state index contributed by atoms with van der Waals surface area (Å²) < 4.78 is 5.97. The van der Waals surface area contributed by atoms with Gasteiger partial charge in [-0.3, -0.25) is 0 Å². The molecule has 0 saturated carbocycles. The van der Waals surface area contributed by atoms with E-state index in [4.69, 9.17) is 16.3 Å². The zero-order chi connectivity index (χ0) is 14.0. The number of benzene rings is 2. The molecular weight excluding hydrogens is 260 g/mol. The lowest BCUT2D eigenvalue weighted by Crippen LogP contribution is -1.98. The maximum atomic E-state index is 9.76. The summed E-state index contributed by atoms with van der Waals surface area (Å²) >= 11 is 6.01. The predicted octanol–water partition coefficient (Wildman–Crippen LogP) is 4.80. The molecule has 0 aliphatic rings. The van der Waals surface area contributed by atoms with Crippen LogP contribution in [0.2, 0.25) is 5.02 Å². The average molecular weight is 277 g/mol. The van der Waals surface area contributed by atoms with Crippen LogP contribution in [-0.4, -0.2) is 5.11 Å². The number of rotatable bonds is 3. The molecule has 2 rings (SSSR count). The molecule has 2 aromatic rings. The van der Waals surface area contributed by atoms with Crippen molar-refractivity contribution in [1.29, 1.82) is 0 Å². The Morgan fingerprint density at radius 3 is 2.26 bits per heavy atom. The molecule has 0 heterocycles. The van der Waals surface area contributed by atoms with Crippen molar-refractivity contribution < 1.29 is 9.84 Å². The van der Waals surface area contributed by atoms with Crippen molar-refractivity contribution in [2.24, 2.45) is 0 Å². The Hall–Kier alpha value is -1.51. The molecule has 0 saturated heterocycles. The van der Waals surface area contributed by atoms with Gasteiger partial charge < -0.3 is 9.84 Å². The topological polar surface area (TPSA) is 29.5 Å². The van der Waals surface area contributed by atoms with Gasteiger partial charge in [0.1, 0.15) is 11.5 Å². The molecule has 0 spiro atoms. The fourth-order valence-electron chi connectivity index (χ4n) is 2.09. The molecule has 2 nitrogen and oxygen atoms in total. The van der Waals surface area contributed by atoms with Crippen molar-refractivity contribution >= 4 is 11.6 Å². The molecule has 0 amide bonds. The Balaban J connectivity index is 2.42. The number of hydrogen-bond donors (Lipinski definition) is 1. The van der Waals surface area contributed by atoms with Gasteiger partial charge in [0.25, 0.3) is 0 Å². The second-order valence-electron chi connectivity index (χ2n) is 4.68. The van der Waals surface area contributed by atoms with Gasteiger partial charge in [0.05, 0.1) is 6.10 Å². The van der Waals surface area contributed by atoms with Crippen molar-refractivity contribution in [3.63, 3.8) is 0 Å². The van der Waals surface area contributed by atoms with Crippen LogP contribution in [0.1, 0.15) is 29.7 Å². The molecule has 0 bridgehead atoms. The standard InChI is InChI=1S/C16H17ClO2/c1-10-8-13(17)9-11(2)16(10)19-15-7-5-4-6-14(15)12(3)18/h4-9,12,18H,1-3H3/t12-/m1/s1. The van der Waals surface area contributed by atoms with Gasteiger partial charge in [-0.05, 0) is 50.1 Å². The molecule has 1 N–H and O–H groups in total. The van der Waals surface area contributed by atoms with E-state index in [1.54, 1.807) is 6.92 Å². The first-order valence-corrected chi connectivity index (χ1v) is 6.58. The van der Waals surface area contributed by atoms with E-state index in [0.717, 1.165) is 22.4 Å². The molecule has 0 aliphatic carbocycles. The molecule has 0 aliphatic heterocycles. The monoisotopic (exact) mass is 276 g/mol. The summed E-state index contributed by atoms with van der Waals surface area (Å²) in [5.41, 5.74) is 2.73. The third-order valence-corrected chi connectivity index (χ3v) is 3.22. The van der Waals surface area contributed by atoms with Crippen molar-refractivity contribution in [3.05, 3.63) is 58.1 Å². The third kappa shape index (κ3) is 3.09. The molecule has 2 aromatic carbocycles. The van der Waals surface area contributed by atoms with Crippen LogP contribution >= 0.6 is 11.6 Å². The minimum absolute atomic E-state index is 0.566. The molecule has 19 heavy (non-hydrogen) atoms. The Bertz CT molecular complexity index is 568. The molecule has 0 radical (unpaired) electrons. The van der Waals surface area contributed by atoms with Crippen LogP contribution in [0.4, 0.5) is 0 Å². The van der Waals surface area contributed by atoms with E-state index in [2.05, 4.69) is 0 Å².